The number of rotatable bonds is 5. The minimum Gasteiger partial charge on any atom is -0.381 e. The maximum absolute atomic E-state index is 11.5. The second-order valence-electron chi connectivity index (χ2n) is 5.29. The Kier molecular flexibility index (Phi) is 4.91. The molecule has 1 unspecified atom stereocenters. The zero-order chi connectivity index (χ0) is 13.8. The summed E-state index contributed by atoms with van der Waals surface area (Å²) in [5.41, 5.74) is 1.03. The van der Waals surface area contributed by atoms with Crippen LogP contribution in [-0.4, -0.2) is 16.6 Å². The van der Waals surface area contributed by atoms with Crippen molar-refractivity contribution in [2.24, 2.45) is 0 Å². The number of amides is 1. The van der Waals surface area contributed by atoms with E-state index in [1.54, 1.807) is 0 Å². The first kappa shape index (κ1) is 14.7. The molecule has 0 fully saturated rings. The van der Waals surface area contributed by atoms with Crippen LogP contribution in [0.2, 0.25) is 0 Å². The summed E-state index contributed by atoms with van der Waals surface area (Å²) in [5.74, 6) is 0.207. The molecule has 0 aliphatic carbocycles. The largest absolute Gasteiger partial charge is 0.381 e. The molecular formula is C15H23NO2. The molecule has 0 saturated heterocycles. The molecule has 1 atom stereocenters. The third kappa shape index (κ3) is 4.15. The number of nitrogens with one attached hydrogen (secondary N) is 1. The minimum atomic E-state index is -1.32. The maximum Gasteiger partial charge on any atom is 0.251 e. The molecule has 1 aromatic rings. The fourth-order valence-electron chi connectivity index (χ4n) is 1.60. The van der Waals surface area contributed by atoms with Gasteiger partial charge in [0.1, 0.15) is 5.60 Å². The number of carbonyl (C=O) groups excluding carboxylic acids is 1. The van der Waals surface area contributed by atoms with Gasteiger partial charge in [-0.05, 0) is 37.3 Å². The van der Waals surface area contributed by atoms with Crippen LogP contribution in [0.5, 0.6) is 0 Å². The zero-order valence-electron chi connectivity index (χ0n) is 11.7. The van der Waals surface area contributed by atoms with Gasteiger partial charge in [0.05, 0.1) is 0 Å². The fraction of sp³-hybridized carbons (Fsp3) is 0.533. The SMILES string of the molecule is CCC(C)c1ccc(CNC(=O)C(C)(C)O)cc1. The molecular weight excluding hydrogens is 226 g/mol. The summed E-state index contributed by atoms with van der Waals surface area (Å²) in [7, 11) is 0. The monoisotopic (exact) mass is 249 g/mol. The molecule has 0 saturated carbocycles. The van der Waals surface area contributed by atoms with Crippen molar-refractivity contribution >= 4 is 5.91 Å². The Morgan fingerprint density at radius 3 is 2.33 bits per heavy atom. The molecule has 1 aromatic carbocycles. The highest BCUT2D eigenvalue weighted by Crippen LogP contribution is 2.18. The van der Waals surface area contributed by atoms with E-state index in [9.17, 15) is 9.90 Å². The lowest BCUT2D eigenvalue weighted by Gasteiger charge is -2.16. The summed E-state index contributed by atoms with van der Waals surface area (Å²) in [6, 6.07) is 8.23. The molecule has 0 spiro atoms. The van der Waals surface area contributed by atoms with Crippen LogP contribution in [0, 0.1) is 0 Å². The van der Waals surface area contributed by atoms with Crippen molar-refractivity contribution in [2.45, 2.75) is 52.2 Å². The number of hydrogen-bond acceptors (Lipinski definition) is 2. The predicted octanol–water partition coefficient (Wildman–Crippen LogP) is 2.59. The molecule has 0 radical (unpaired) electrons. The van der Waals surface area contributed by atoms with Crippen molar-refractivity contribution in [1.29, 1.82) is 0 Å². The Labute approximate surface area is 109 Å². The van der Waals surface area contributed by atoms with E-state index in [2.05, 4.69) is 31.3 Å². The molecule has 18 heavy (non-hydrogen) atoms. The van der Waals surface area contributed by atoms with Gasteiger partial charge in [0.15, 0.2) is 0 Å². The topological polar surface area (TPSA) is 49.3 Å². The normalized spacial score (nSPS) is 13.2. The summed E-state index contributed by atoms with van der Waals surface area (Å²) in [6.07, 6.45) is 1.12. The van der Waals surface area contributed by atoms with Crippen LogP contribution in [0.3, 0.4) is 0 Å². The Hall–Kier alpha value is -1.35. The molecule has 0 heterocycles. The highest BCUT2D eigenvalue weighted by Gasteiger charge is 2.22. The van der Waals surface area contributed by atoms with Gasteiger partial charge in [-0.15, -0.1) is 0 Å². The number of aliphatic hydroxyl groups is 1. The van der Waals surface area contributed by atoms with Crippen molar-refractivity contribution in [3.63, 3.8) is 0 Å². The predicted molar refractivity (Wildman–Crippen MR) is 73.3 cm³/mol. The Balaban J connectivity index is 2.57. The van der Waals surface area contributed by atoms with E-state index >= 15 is 0 Å². The summed E-state index contributed by atoms with van der Waals surface area (Å²) < 4.78 is 0. The number of benzene rings is 1. The van der Waals surface area contributed by atoms with E-state index < -0.39 is 5.60 Å². The first-order chi connectivity index (χ1) is 8.34. The second kappa shape index (κ2) is 6.01. The zero-order valence-corrected chi connectivity index (χ0v) is 11.7. The van der Waals surface area contributed by atoms with Gasteiger partial charge in [-0.1, -0.05) is 38.1 Å². The van der Waals surface area contributed by atoms with Gasteiger partial charge in [0.2, 0.25) is 0 Å². The van der Waals surface area contributed by atoms with Crippen LogP contribution < -0.4 is 5.32 Å². The lowest BCUT2D eigenvalue weighted by Crippen LogP contribution is -2.41. The van der Waals surface area contributed by atoms with E-state index in [0.29, 0.717) is 12.5 Å². The Bertz CT molecular complexity index is 390. The molecule has 1 amide bonds. The van der Waals surface area contributed by atoms with Crippen LogP contribution >= 0.6 is 0 Å². The van der Waals surface area contributed by atoms with E-state index in [1.807, 2.05) is 12.1 Å². The van der Waals surface area contributed by atoms with Gasteiger partial charge in [-0.3, -0.25) is 4.79 Å². The fourth-order valence-corrected chi connectivity index (χ4v) is 1.60. The van der Waals surface area contributed by atoms with Gasteiger partial charge < -0.3 is 10.4 Å². The summed E-state index contributed by atoms with van der Waals surface area (Å²) >= 11 is 0. The Morgan fingerprint density at radius 1 is 1.33 bits per heavy atom. The highest BCUT2D eigenvalue weighted by atomic mass is 16.3. The molecule has 3 heteroatoms. The van der Waals surface area contributed by atoms with Crippen molar-refractivity contribution in [3.05, 3.63) is 35.4 Å². The van der Waals surface area contributed by atoms with Gasteiger partial charge in [-0.2, -0.15) is 0 Å². The molecule has 2 N–H and O–H groups in total. The molecule has 0 aromatic heterocycles. The third-order valence-corrected chi connectivity index (χ3v) is 3.17. The quantitative estimate of drug-likeness (QED) is 0.842. The average molecular weight is 249 g/mol. The van der Waals surface area contributed by atoms with Crippen LogP contribution in [0.15, 0.2) is 24.3 Å². The Morgan fingerprint density at radius 2 is 1.89 bits per heavy atom. The van der Waals surface area contributed by atoms with Gasteiger partial charge in [0, 0.05) is 6.54 Å². The van der Waals surface area contributed by atoms with E-state index in [0.717, 1.165) is 12.0 Å². The second-order valence-corrected chi connectivity index (χ2v) is 5.29. The van der Waals surface area contributed by atoms with E-state index in [4.69, 9.17) is 0 Å². The van der Waals surface area contributed by atoms with Gasteiger partial charge in [-0.25, -0.2) is 0 Å². The van der Waals surface area contributed by atoms with Crippen LogP contribution in [-0.2, 0) is 11.3 Å². The lowest BCUT2D eigenvalue weighted by molar-refractivity contribution is -0.136. The molecule has 1 rings (SSSR count). The molecule has 3 nitrogen and oxygen atoms in total. The van der Waals surface area contributed by atoms with Crippen molar-refractivity contribution in [3.8, 4) is 0 Å². The highest BCUT2D eigenvalue weighted by molar-refractivity contribution is 5.83. The first-order valence-corrected chi connectivity index (χ1v) is 6.44. The van der Waals surface area contributed by atoms with Crippen LogP contribution in [0.1, 0.15) is 51.2 Å². The van der Waals surface area contributed by atoms with Crippen LogP contribution in [0.4, 0.5) is 0 Å². The van der Waals surface area contributed by atoms with Crippen molar-refractivity contribution < 1.29 is 9.90 Å². The minimum absolute atomic E-state index is 0.353. The van der Waals surface area contributed by atoms with E-state index in [-0.39, 0.29) is 5.91 Å². The van der Waals surface area contributed by atoms with E-state index in [1.165, 1.54) is 19.4 Å². The maximum atomic E-state index is 11.5. The van der Waals surface area contributed by atoms with Crippen molar-refractivity contribution in [2.75, 3.05) is 0 Å². The van der Waals surface area contributed by atoms with Crippen molar-refractivity contribution in [1.82, 2.24) is 5.32 Å². The summed E-state index contributed by atoms with van der Waals surface area (Å²) in [5, 5.41) is 12.2. The van der Waals surface area contributed by atoms with Gasteiger partial charge in [0.25, 0.3) is 5.91 Å². The molecule has 100 valence electrons. The first-order valence-electron chi connectivity index (χ1n) is 6.44. The van der Waals surface area contributed by atoms with Gasteiger partial charge >= 0.3 is 0 Å². The third-order valence-electron chi connectivity index (χ3n) is 3.17. The summed E-state index contributed by atoms with van der Waals surface area (Å²) in [4.78, 5) is 11.5. The molecule has 0 bridgehead atoms. The smallest absolute Gasteiger partial charge is 0.251 e. The average Bonchev–Trinajstić information content (AvgIpc) is 2.34. The number of hydrogen-bond donors (Lipinski definition) is 2. The molecule has 0 aliphatic rings. The standard InChI is InChI=1S/C15H23NO2/c1-5-11(2)13-8-6-12(7-9-13)10-16-14(17)15(3,4)18/h6-9,11,18H,5,10H2,1-4H3,(H,16,17). The lowest BCUT2D eigenvalue weighted by atomic mass is 9.97. The number of carbonyl (C=O) groups is 1. The summed E-state index contributed by atoms with van der Waals surface area (Å²) in [6.45, 7) is 7.78. The van der Waals surface area contributed by atoms with Crippen LogP contribution in [0.25, 0.3) is 0 Å². The molecule has 0 aliphatic heterocycles.